The molecule has 3 nitrogen and oxygen atoms in total. The molecule has 0 amide bonds. The van der Waals surface area contributed by atoms with Gasteiger partial charge in [-0.2, -0.15) is 0 Å². The molecule has 0 atom stereocenters. The Bertz CT molecular complexity index is 346. The summed E-state index contributed by atoms with van der Waals surface area (Å²) in [4.78, 5) is 10.7. The number of hydrogen-bond acceptors (Lipinski definition) is 3. The van der Waals surface area contributed by atoms with E-state index in [1.165, 1.54) is 25.3 Å². The largest absolute Gasteiger partial charge is 0.466 e. The van der Waals surface area contributed by atoms with E-state index in [0.29, 0.717) is 6.54 Å². The van der Waals surface area contributed by atoms with Gasteiger partial charge in [0.15, 0.2) is 0 Å². The Labute approximate surface area is 87.6 Å². The van der Waals surface area contributed by atoms with Gasteiger partial charge in [0, 0.05) is 18.3 Å². The van der Waals surface area contributed by atoms with Gasteiger partial charge in [0.05, 0.1) is 7.11 Å². The van der Waals surface area contributed by atoms with E-state index in [2.05, 4.69) is 10.1 Å². The summed E-state index contributed by atoms with van der Waals surface area (Å²) in [7, 11) is 1.32. The van der Waals surface area contributed by atoms with Crippen LogP contribution in [0, 0.1) is 5.82 Å². The highest BCUT2D eigenvalue weighted by atomic mass is 19.1. The summed E-state index contributed by atoms with van der Waals surface area (Å²) in [6.07, 6.45) is 2.96. The highest BCUT2D eigenvalue weighted by Gasteiger charge is 1.92. The van der Waals surface area contributed by atoms with E-state index in [1.54, 1.807) is 18.2 Å². The summed E-state index contributed by atoms with van der Waals surface area (Å²) in [6.45, 7) is 0.487. The van der Waals surface area contributed by atoms with Crippen molar-refractivity contribution in [3.05, 3.63) is 42.2 Å². The van der Waals surface area contributed by atoms with Crippen molar-refractivity contribution in [3.8, 4) is 0 Å². The monoisotopic (exact) mass is 209 g/mol. The molecule has 0 aliphatic rings. The van der Waals surface area contributed by atoms with Crippen LogP contribution in [0.2, 0.25) is 0 Å². The van der Waals surface area contributed by atoms with Crippen molar-refractivity contribution in [1.29, 1.82) is 0 Å². The number of benzene rings is 1. The van der Waals surface area contributed by atoms with E-state index in [9.17, 15) is 9.18 Å². The van der Waals surface area contributed by atoms with E-state index in [4.69, 9.17) is 0 Å². The first-order chi connectivity index (χ1) is 7.22. The van der Waals surface area contributed by atoms with Crippen LogP contribution in [0.3, 0.4) is 0 Å². The van der Waals surface area contributed by atoms with Crippen molar-refractivity contribution in [2.45, 2.75) is 0 Å². The van der Waals surface area contributed by atoms with Crippen molar-refractivity contribution in [3.63, 3.8) is 0 Å². The average molecular weight is 209 g/mol. The second kappa shape index (κ2) is 5.80. The topological polar surface area (TPSA) is 38.3 Å². The van der Waals surface area contributed by atoms with Crippen LogP contribution in [0.1, 0.15) is 0 Å². The van der Waals surface area contributed by atoms with E-state index in [1.807, 2.05) is 0 Å². The van der Waals surface area contributed by atoms with Crippen molar-refractivity contribution >= 4 is 11.7 Å². The molecule has 0 aliphatic carbocycles. The second-order valence-corrected chi connectivity index (χ2v) is 2.81. The molecule has 1 N–H and O–H groups in total. The van der Waals surface area contributed by atoms with Gasteiger partial charge in [0.25, 0.3) is 0 Å². The summed E-state index contributed by atoms with van der Waals surface area (Å²) in [5.74, 6) is -0.665. The zero-order valence-corrected chi connectivity index (χ0v) is 8.37. The molecule has 1 aromatic rings. The number of hydrogen-bond donors (Lipinski definition) is 1. The minimum absolute atomic E-state index is 0.273. The predicted molar refractivity (Wildman–Crippen MR) is 56.0 cm³/mol. The van der Waals surface area contributed by atoms with Crippen LogP contribution < -0.4 is 5.32 Å². The molecule has 0 saturated carbocycles. The summed E-state index contributed by atoms with van der Waals surface area (Å²) in [5, 5.41) is 2.99. The van der Waals surface area contributed by atoms with Crippen LogP contribution in [0.15, 0.2) is 36.4 Å². The standard InChI is InChI=1S/C11H12FNO2/c1-15-11(14)3-2-8-13-10-6-4-9(12)5-7-10/h2-7,13H,8H2,1H3/b3-2+. The third kappa shape index (κ3) is 4.26. The molecule has 15 heavy (non-hydrogen) atoms. The zero-order chi connectivity index (χ0) is 11.1. The fourth-order valence-electron chi connectivity index (χ4n) is 0.968. The molecule has 0 radical (unpaired) electrons. The van der Waals surface area contributed by atoms with Crippen LogP contribution in [0.25, 0.3) is 0 Å². The fraction of sp³-hybridized carbons (Fsp3) is 0.182. The number of carbonyl (C=O) groups excluding carboxylic acids is 1. The molecule has 0 aliphatic heterocycles. The molecular formula is C11H12FNO2. The van der Waals surface area contributed by atoms with E-state index >= 15 is 0 Å². The summed E-state index contributed by atoms with van der Waals surface area (Å²) >= 11 is 0. The van der Waals surface area contributed by atoms with E-state index in [0.717, 1.165) is 5.69 Å². The van der Waals surface area contributed by atoms with Crippen molar-refractivity contribution in [2.24, 2.45) is 0 Å². The second-order valence-electron chi connectivity index (χ2n) is 2.81. The van der Waals surface area contributed by atoms with Gasteiger partial charge in [-0.1, -0.05) is 6.08 Å². The molecule has 0 aromatic heterocycles. The van der Waals surface area contributed by atoms with Crippen LogP contribution in [-0.4, -0.2) is 19.6 Å². The van der Waals surface area contributed by atoms with Gasteiger partial charge in [-0.3, -0.25) is 0 Å². The van der Waals surface area contributed by atoms with Crippen LogP contribution >= 0.6 is 0 Å². The SMILES string of the molecule is COC(=O)/C=C/CNc1ccc(F)cc1. The van der Waals surface area contributed by atoms with Crippen molar-refractivity contribution < 1.29 is 13.9 Å². The van der Waals surface area contributed by atoms with Gasteiger partial charge in [0.1, 0.15) is 5.82 Å². The van der Waals surface area contributed by atoms with Gasteiger partial charge in [-0.05, 0) is 24.3 Å². The smallest absolute Gasteiger partial charge is 0.330 e. The number of nitrogens with one attached hydrogen (secondary N) is 1. The minimum Gasteiger partial charge on any atom is -0.466 e. The van der Waals surface area contributed by atoms with Gasteiger partial charge < -0.3 is 10.1 Å². The number of carbonyl (C=O) groups is 1. The first kappa shape index (κ1) is 11.2. The first-order valence-electron chi connectivity index (χ1n) is 4.46. The quantitative estimate of drug-likeness (QED) is 0.608. The lowest BCUT2D eigenvalue weighted by atomic mass is 10.3. The van der Waals surface area contributed by atoms with Crippen LogP contribution in [0.5, 0.6) is 0 Å². The first-order valence-corrected chi connectivity index (χ1v) is 4.46. The molecule has 0 bridgehead atoms. The summed E-state index contributed by atoms with van der Waals surface area (Å²) in [6, 6.07) is 5.99. The maximum absolute atomic E-state index is 12.5. The average Bonchev–Trinajstić information content (AvgIpc) is 2.26. The Kier molecular flexibility index (Phi) is 4.34. The molecule has 0 fully saturated rings. The maximum Gasteiger partial charge on any atom is 0.330 e. The Balaban J connectivity index is 2.35. The molecular weight excluding hydrogens is 197 g/mol. The molecule has 4 heteroatoms. The predicted octanol–water partition coefficient (Wildman–Crippen LogP) is 1.97. The Morgan fingerprint density at radius 1 is 1.47 bits per heavy atom. The summed E-state index contributed by atoms with van der Waals surface area (Å²) < 4.78 is 16.9. The number of halogens is 1. The maximum atomic E-state index is 12.5. The third-order valence-corrected chi connectivity index (χ3v) is 1.72. The van der Waals surface area contributed by atoms with E-state index in [-0.39, 0.29) is 5.82 Å². The van der Waals surface area contributed by atoms with Gasteiger partial charge in [0.2, 0.25) is 0 Å². The van der Waals surface area contributed by atoms with Crippen molar-refractivity contribution in [2.75, 3.05) is 19.0 Å². The van der Waals surface area contributed by atoms with Crippen molar-refractivity contribution in [1.82, 2.24) is 0 Å². The molecule has 0 spiro atoms. The third-order valence-electron chi connectivity index (χ3n) is 1.72. The number of rotatable bonds is 4. The Hall–Kier alpha value is -1.84. The zero-order valence-electron chi connectivity index (χ0n) is 8.37. The van der Waals surface area contributed by atoms with Crippen LogP contribution in [-0.2, 0) is 9.53 Å². The number of ether oxygens (including phenoxy) is 1. The normalized spacial score (nSPS) is 10.3. The lowest BCUT2D eigenvalue weighted by Gasteiger charge is -2.01. The lowest BCUT2D eigenvalue weighted by molar-refractivity contribution is -0.134. The number of anilines is 1. The van der Waals surface area contributed by atoms with Gasteiger partial charge in [-0.15, -0.1) is 0 Å². The fourth-order valence-corrected chi connectivity index (χ4v) is 0.968. The minimum atomic E-state index is -0.393. The highest BCUT2D eigenvalue weighted by molar-refractivity contribution is 5.81. The molecule has 0 unspecified atom stereocenters. The highest BCUT2D eigenvalue weighted by Crippen LogP contribution is 2.07. The molecule has 0 saturated heterocycles. The Morgan fingerprint density at radius 3 is 2.73 bits per heavy atom. The van der Waals surface area contributed by atoms with Crippen LogP contribution in [0.4, 0.5) is 10.1 Å². The number of esters is 1. The van der Waals surface area contributed by atoms with E-state index < -0.39 is 5.97 Å². The number of methoxy groups -OCH3 is 1. The summed E-state index contributed by atoms with van der Waals surface area (Å²) in [5.41, 5.74) is 0.797. The molecule has 1 aromatic carbocycles. The molecule has 80 valence electrons. The lowest BCUT2D eigenvalue weighted by Crippen LogP contribution is -2.00. The van der Waals surface area contributed by atoms with Gasteiger partial charge in [-0.25, -0.2) is 9.18 Å². The molecule has 0 heterocycles. The molecule has 1 rings (SSSR count). The Morgan fingerprint density at radius 2 is 2.13 bits per heavy atom. The van der Waals surface area contributed by atoms with Gasteiger partial charge >= 0.3 is 5.97 Å².